The lowest BCUT2D eigenvalue weighted by Gasteiger charge is -2.32. The fourth-order valence-corrected chi connectivity index (χ4v) is 4.88. The zero-order valence-electron chi connectivity index (χ0n) is 18.1. The van der Waals surface area contributed by atoms with Gasteiger partial charge in [0.2, 0.25) is 11.8 Å². The van der Waals surface area contributed by atoms with Crippen LogP contribution in [-0.4, -0.2) is 67.6 Å². The van der Waals surface area contributed by atoms with Crippen LogP contribution in [-0.2, 0) is 22.7 Å². The van der Waals surface area contributed by atoms with E-state index in [1.165, 1.54) is 0 Å². The minimum atomic E-state index is -0.959. The number of aromatic nitrogens is 3. The molecular formula is C22H25N7O4. The molecule has 0 saturated carbocycles. The Morgan fingerprint density at radius 1 is 1.06 bits per heavy atom. The molecule has 0 spiro atoms. The molecule has 1 aromatic carbocycles. The van der Waals surface area contributed by atoms with Gasteiger partial charge in [-0.25, -0.2) is 4.68 Å². The van der Waals surface area contributed by atoms with Gasteiger partial charge in [0.05, 0.1) is 29.1 Å². The Hall–Kier alpha value is -3.44. The number of rotatable bonds is 5. The highest BCUT2D eigenvalue weighted by molar-refractivity contribution is 6.24. The highest BCUT2D eigenvalue weighted by Gasteiger charge is 2.45. The lowest BCUT2D eigenvalue weighted by molar-refractivity contribution is -0.136. The first-order valence-electron chi connectivity index (χ1n) is 11.1. The van der Waals surface area contributed by atoms with Gasteiger partial charge in [0.25, 0.3) is 11.8 Å². The van der Waals surface area contributed by atoms with Gasteiger partial charge in [-0.3, -0.25) is 34.3 Å². The highest BCUT2D eigenvalue weighted by Crippen LogP contribution is 2.31. The Balaban J connectivity index is 1.30. The molecule has 0 aliphatic carbocycles. The van der Waals surface area contributed by atoms with E-state index in [-0.39, 0.29) is 24.8 Å². The number of imide groups is 2. The van der Waals surface area contributed by atoms with Gasteiger partial charge in [0, 0.05) is 32.6 Å². The largest absolute Gasteiger partial charge is 0.325 e. The molecule has 2 saturated heterocycles. The molecule has 1 unspecified atom stereocenters. The summed E-state index contributed by atoms with van der Waals surface area (Å²) in [6, 6.07) is 4.54. The van der Waals surface area contributed by atoms with E-state index < -0.39 is 23.8 Å². The minimum absolute atomic E-state index is 0.101. The van der Waals surface area contributed by atoms with E-state index in [4.69, 9.17) is 5.73 Å². The summed E-state index contributed by atoms with van der Waals surface area (Å²) >= 11 is 0. The van der Waals surface area contributed by atoms with Crippen molar-refractivity contribution in [2.75, 3.05) is 13.1 Å². The molecule has 2 fully saturated rings. The van der Waals surface area contributed by atoms with Crippen molar-refractivity contribution in [2.24, 2.45) is 5.73 Å². The van der Waals surface area contributed by atoms with Crippen molar-refractivity contribution >= 4 is 23.6 Å². The van der Waals surface area contributed by atoms with Crippen molar-refractivity contribution in [3.63, 3.8) is 0 Å². The number of nitrogens with one attached hydrogen (secondary N) is 1. The molecular weight excluding hydrogens is 426 g/mol. The molecule has 4 amide bonds. The summed E-state index contributed by atoms with van der Waals surface area (Å²) in [5.74, 6) is -1.93. The number of benzene rings is 1. The van der Waals surface area contributed by atoms with Crippen molar-refractivity contribution in [1.29, 1.82) is 0 Å². The van der Waals surface area contributed by atoms with Gasteiger partial charge in [-0.15, -0.1) is 5.10 Å². The summed E-state index contributed by atoms with van der Waals surface area (Å²) in [7, 11) is 0. The van der Waals surface area contributed by atoms with Gasteiger partial charge >= 0.3 is 0 Å². The van der Waals surface area contributed by atoms with Crippen LogP contribution in [0.25, 0.3) is 0 Å². The predicted octanol–water partition coefficient (Wildman–Crippen LogP) is -0.0249. The number of piperidine rings is 2. The van der Waals surface area contributed by atoms with Crippen molar-refractivity contribution in [1.82, 2.24) is 30.1 Å². The van der Waals surface area contributed by atoms with Gasteiger partial charge in [-0.1, -0.05) is 17.3 Å². The highest BCUT2D eigenvalue weighted by atomic mass is 16.2. The number of fused-ring (bicyclic) bond motifs is 1. The SMILES string of the molecule is NCc1cn(C2CCN(Cc3cccc4c3C(=O)N(C3CCC(=O)NC3=O)C4=O)CC2)nn1. The van der Waals surface area contributed by atoms with Crippen LogP contribution in [0, 0.1) is 0 Å². The maximum absolute atomic E-state index is 13.3. The van der Waals surface area contributed by atoms with E-state index >= 15 is 0 Å². The van der Waals surface area contributed by atoms with E-state index in [0.29, 0.717) is 24.2 Å². The molecule has 3 aliphatic heterocycles. The third kappa shape index (κ3) is 3.83. The Labute approximate surface area is 189 Å². The fourth-order valence-electron chi connectivity index (χ4n) is 4.88. The number of nitrogens with zero attached hydrogens (tertiary/aromatic N) is 5. The summed E-state index contributed by atoms with van der Waals surface area (Å²) in [6.45, 7) is 2.51. The van der Waals surface area contributed by atoms with Crippen molar-refractivity contribution < 1.29 is 19.2 Å². The number of nitrogens with two attached hydrogens (primary N) is 1. The van der Waals surface area contributed by atoms with Crippen molar-refractivity contribution in [2.45, 2.75) is 50.9 Å². The first-order valence-corrected chi connectivity index (χ1v) is 11.1. The second-order valence-electron chi connectivity index (χ2n) is 8.69. The van der Waals surface area contributed by atoms with Gasteiger partial charge in [0.1, 0.15) is 6.04 Å². The smallest absolute Gasteiger partial charge is 0.262 e. The van der Waals surface area contributed by atoms with Gasteiger partial charge in [-0.05, 0) is 30.9 Å². The maximum atomic E-state index is 13.3. The van der Waals surface area contributed by atoms with E-state index in [0.717, 1.165) is 42.1 Å². The van der Waals surface area contributed by atoms with Crippen LogP contribution in [0.2, 0.25) is 0 Å². The molecule has 1 atom stereocenters. The zero-order chi connectivity index (χ0) is 23.1. The number of hydrogen-bond donors (Lipinski definition) is 2. The second-order valence-corrected chi connectivity index (χ2v) is 8.69. The molecule has 172 valence electrons. The summed E-state index contributed by atoms with van der Waals surface area (Å²) < 4.78 is 1.87. The third-order valence-electron chi connectivity index (χ3n) is 6.65. The Morgan fingerprint density at radius 2 is 1.85 bits per heavy atom. The van der Waals surface area contributed by atoms with E-state index in [1.54, 1.807) is 12.1 Å². The predicted molar refractivity (Wildman–Crippen MR) is 115 cm³/mol. The molecule has 11 heteroatoms. The van der Waals surface area contributed by atoms with Crippen molar-refractivity contribution in [3.05, 3.63) is 46.8 Å². The number of carbonyl (C=O) groups excluding carboxylic acids is 4. The van der Waals surface area contributed by atoms with Crippen LogP contribution in [0.1, 0.15) is 63.7 Å². The van der Waals surface area contributed by atoms with Crippen LogP contribution < -0.4 is 11.1 Å². The number of carbonyl (C=O) groups is 4. The Morgan fingerprint density at radius 3 is 2.55 bits per heavy atom. The molecule has 3 aliphatic rings. The zero-order valence-corrected chi connectivity index (χ0v) is 18.1. The number of likely N-dealkylation sites (tertiary alicyclic amines) is 1. The number of hydrogen-bond acceptors (Lipinski definition) is 8. The van der Waals surface area contributed by atoms with Crippen molar-refractivity contribution in [3.8, 4) is 0 Å². The topological polar surface area (TPSA) is 144 Å². The molecule has 11 nitrogen and oxygen atoms in total. The summed E-state index contributed by atoms with van der Waals surface area (Å²) in [5, 5.41) is 10.5. The van der Waals surface area contributed by atoms with Crippen LogP contribution in [0.3, 0.4) is 0 Å². The molecule has 3 N–H and O–H groups in total. The van der Waals surface area contributed by atoms with E-state index in [1.807, 2.05) is 16.9 Å². The van der Waals surface area contributed by atoms with E-state index in [9.17, 15) is 19.2 Å². The normalized spacial score (nSPS) is 22.1. The van der Waals surface area contributed by atoms with Gasteiger partial charge in [0.15, 0.2) is 0 Å². The van der Waals surface area contributed by atoms with Gasteiger partial charge < -0.3 is 5.73 Å². The Kier molecular flexibility index (Phi) is 5.51. The second kappa shape index (κ2) is 8.49. The molecule has 0 bridgehead atoms. The molecule has 2 aromatic rings. The average molecular weight is 451 g/mol. The quantitative estimate of drug-likeness (QED) is 0.604. The Bertz CT molecular complexity index is 1140. The fraction of sp³-hybridized carbons (Fsp3) is 0.455. The number of amides is 4. The van der Waals surface area contributed by atoms with Gasteiger partial charge in [-0.2, -0.15) is 0 Å². The summed E-state index contributed by atoms with van der Waals surface area (Å²) in [4.78, 5) is 53.3. The summed E-state index contributed by atoms with van der Waals surface area (Å²) in [6.07, 6.45) is 3.91. The third-order valence-corrected chi connectivity index (χ3v) is 6.65. The maximum Gasteiger partial charge on any atom is 0.262 e. The van der Waals surface area contributed by atoms with Crippen LogP contribution in [0.5, 0.6) is 0 Å². The monoisotopic (exact) mass is 451 g/mol. The van der Waals surface area contributed by atoms with Crippen LogP contribution in [0.15, 0.2) is 24.4 Å². The minimum Gasteiger partial charge on any atom is -0.325 e. The molecule has 0 radical (unpaired) electrons. The van der Waals surface area contributed by atoms with Crippen LogP contribution in [0.4, 0.5) is 0 Å². The first-order chi connectivity index (χ1) is 16.0. The lowest BCUT2D eigenvalue weighted by atomic mass is 10.00. The molecule has 33 heavy (non-hydrogen) atoms. The molecule has 5 rings (SSSR count). The average Bonchev–Trinajstić information content (AvgIpc) is 3.39. The first kappa shape index (κ1) is 21.4. The molecule has 1 aromatic heterocycles. The lowest BCUT2D eigenvalue weighted by Crippen LogP contribution is -2.54. The molecule has 4 heterocycles. The standard InChI is InChI=1S/C22H25N7O4/c23-10-14-12-28(26-25-14)15-6-8-27(9-7-15)11-13-2-1-3-16-19(13)22(33)29(21(16)32)17-4-5-18(30)24-20(17)31/h1-3,12,15,17H,4-11,23H2,(H,24,30,31). The van der Waals surface area contributed by atoms with Crippen LogP contribution >= 0.6 is 0 Å². The summed E-state index contributed by atoms with van der Waals surface area (Å²) in [5.41, 5.74) is 7.83. The van der Waals surface area contributed by atoms with E-state index in [2.05, 4.69) is 20.5 Å².